The van der Waals surface area contributed by atoms with Crippen LogP contribution in [0, 0.1) is 5.92 Å². The van der Waals surface area contributed by atoms with E-state index in [1.54, 1.807) is 6.07 Å². The zero-order valence-corrected chi connectivity index (χ0v) is 11.0. The maximum absolute atomic E-state index is 5.90. The third kappa shape index (κ3) is 4.79. The first-order chi connectivity index (χ1) is 7.61. The van der Waals surface area contributed by atoms with Crippen molar-refractivity contribution in [3.63, 3.8) is 0 Å². The molecular weight excluding hydrogens is 222 g/mol. The van der Waals surface area contributed by atoms with Crippen LogP contribution < -0.4 is 5.32 Å². The smallest absolute Gasteiger partial charge is 0.134 e. The molecule has 0 spiro atoms. The van der Waals surface area contributed by atoms with Gasteiger partial charge in [0.1, 0.15) is 16.8 Å². The molecule has 1 aromatic heterocycles. The maximum atomic E-state index is 5.90. The molecule has 1 aromatic rings. The number of nitrogens with zero attached hydrogens (tertiary/aromatic N) is 2. The summed E-state index contributed by atoms with van der Waals surface area (Å²) in [7, 11) is 0. The van der Waals surface area contributed by atoms with Gasteiger partial charge in [-0.25, -0.2) is 9.97 Å². The molecular formula is C12H20ClN3. The molecule has 1 rings (SSSR count). The molecule has 0 aromatic carbocycles. The first-order valence-electron chi connectivity index (χ1n) is 5.89. The molecule has 0 aliphatic carbocycles. The minimum atomic E-state index is 0.512. The zero-order chi connectivity index (χ0) is 12.0. The van der Waals surface area contributed by atoms with Crippen molar-refractivity contribution in [1.82, 2.24) is 9.97 Å². The van der Waals surface area contributed by atoms with Crippen LogP contribution in [0.4, 0.5) is 5.82 Å². The van der Waals surface area contributed by atoms with E-state index in [0.717, 1.165) is 36.9 Å². The quantitative estimate of drug-likeness (QED) is 0.612. The van der Waals surface area contributed by atoms with Crippen molar-refractivity contribution in [2.75, 3.05) is 11.9 Å². The molecule has 90 valence electrons. The third-order valence-electron chi connectivity index (χ3n) is 2.32. The van der Waals surface area contributed by atoms with Crippen LogP contribution in [0.3, 0.4) is 0 Å². The van der Waals surface area contributed by atoms with Crippen LogP contribution in [0.25, 0.3) is 0 Å². The summed E-state index contributed by atoms with van der Waals surface area (Å²) in [5, 5.41) is 3.79. The molecule has 4 heteroatoms. The van der Waals surface area contributed by atoms with E-state index in [0.29, 0.717) is 5.15 Å². The third-order valence-corrected chi connectivity index (χ3v) is 2.52. The molecule has 0 fully saturated rings. The molecule has 3 nitrogen and oxygen atoms in total. The number of hydrogen-bond donors (Lipinski definition) is 1. The Morgan fingerprint density at radius 3 is 2.75 bits per heavy atom. The first-order valence-corrected chi connectivity index (χ1v) is 6.27. The van der Waals surface area contributed by atoms with Gasteiger partial charge in [-0.05, 0) is 18.8 Å². The minimum Gasteiger partial charge on any atom is -0.370 e. The van der Waals surface area contributed by atoms with E-state index in [9.17, 15) is 0 Å². The van der Waals surface area contributed by atoms with Gasteiger partial charge >= 0.3 is 0 Å². The van der Waals surface area contributed by atoms with E-state index in [-0.39, 0.29) is 0 Å². The molecule has 0 saturated carbocycles. The average molecular weight is 242 g/mol. The van der Waals surface area contributed by atoms with Crippen molar-refractivity contribution >= 4 is 17.4 Å². The zero-order valence-electron chi connectivity index (χ0n) is 10.3. The normalized spacial score (nSPS) is 10.8. The Balaban J connectivity index is 2.44. The number of rotatable bonds is 6. The lowest BCUT2D eigenvalue weighted by atomic mass is 10.1. The highest BCUT2D eigenvalue weighted by Gasteiger charge is 2.01. The van der Waals surface area contributed by atoms with Crippen LogP contribution in [0.1, 0.15) is 39.4 Å². The Bertz CT molecular complexity index is 326. The van der Waals surface area contributed by atoms with Crippen LogP contribution in [-0.4, -0.2) is 16.5 Å². The van der Waals surface area contributed by atoms with Crippen molar-refractivity contribution < 1.29 is 0 Å². The van der Waals surface area contributed by atoms with Crippen LogP contribution >= 0.6 is 11.6 Å². The molecule has 16 heavy (non-hydrogen) atoms. The van der Waals surface area contributed by atoms with Gasteiger partial charge in [0, 0.05) is 19.0 Å². The van der Waals surface area contributed by atoms with Crippen molar-refractivity contribution in [3.8, 4) is 0 Å². The summed E-state index contributed by atoms with van der Waals surface area (Å²) < 4.78 is 0. The molecule has 0 atom stereocenters. The van der Waals surface area contributed by atoms with Gasteiger partial charge in [0.25, 0.3) is 0 Å². The minimum absolute atomic E-state index is 0.512. The highest BCUT2D eigenvalue weighted by Crippen LogP contribution is 2.12. The fourth-order valence-electron chi connectivity index (χ4n) is 1.44. The van der Waals surface area contributed by atoms with E-state index in [2.05, 4.69) is 29.1 Å². The fraction of sp³-hybridized carbons (Fsp3) is 0.667. The van der Waals surface area contributed by atoms with E-state index in [4.69, 9.17) is 11.6 Å². The second kappa shape index (κ2) is 6.69. The fourth-order valence-corrected chi connectivity index (χ4v) is 1.64. The predicted molar refractivity (Wildman–Crippen MR) is 69.0 cm³/mol. The van der Waals surface area contributed by atoms with Gasteiger partial charge in [-0.15, -0.1) is 0 Å². The molecule has 0 amide bonds. The van der Waals surface area contributed by atoms with Crippen LogP contribution in [-0.2, 0) is 6.42 Å². The number of aromatic nitrogens is 2. The van der Waals surface area contributed by atoms with Crippen molar-refractivity contribution in [2.24, 2.45) is 5.92 Å². The summed E-state index contributed by atoms with van der Waals surface area (Å²) in [5.41, 5.74) is 0. The SMILES string of the molecule is CCc1nc(Cl)cc(NCCCC(C)C)n1. The van der Waals surface area contributed by atoms with E-state index in [1.807, 2.05) is 6.92 Å². The number of hydrogen-bond acceptors (Lipinski definition) is 3. The average Bonchev–Trinajstić information content (AvgIpc) is 2.23. The topological polar surface area (TPSA) is 37.8 Å². The van der Waals surface area contributed by atoms with Crippen molar-refractivity contribution in [2.45, 2.75) is 40.0 Å². The second-order valence-electron chi connectivity index (χ2n) is 4.31. The molecule has 0 unspecified atom stereocenters. The molecule has 1 heterocycles. The van der Waals surface area contributed by atoms with Crippen LogP contribution in [0.5, 0.6) is 0 Å². The number of anilines is 1. The Morgan fingerprint density at radius 2 is 2.12 bits per heavy atom. The lowest BCUT2D eigenvalue weighted by Gasteiger charge is -2.08. The Hall–Kier alpha value is -0.830. The summed E-state index contributed by atoms with van der Waals surface area (Å²) in [5.74, 6) is 2.38. The Labute approximate surface area is 103 Å². The molecule has 1 N–H and O–H groups in total. The van der Waals surface area contributed by atoms with Gasteiger partial charge in [-0.1, -0.05) is 32.4 Å². The number of nitrogens with one attached hydrogen (secondary N) is 1. The molecule has 0 saturated heterocycles. The molecule has 0 bridgehead atoms. The largest absolute Gasteiger partial charge is 0.370 e. The van der Waals surface area contributed by atoms with Crippen LogP contribution in [0.15, 0.2) is 6.07 Å². The number of aryl methyl sites for hydroxylation is 1. The summed E-state index contributed by atoms with van der Waals surface area (Å²) in [6.45, 7) is 7.43. The standard InChI is InChI=1S/C12H20ClN3/c1-4-11-15-10(13)8-12(16-11)14-7-5-6-9(2)3/h8-9H,4-7H2,1-3H3,(H,14,15,16). The summed E-state index contributed by atoms with van der Waals surface area (Å²) in [6, 6.07) is 1.77. The van der Waals surface area contributed by atoms with Gasteiger partial charge in [-0.3, -0.25) is 0 Å². The highest BCUT2D eigenvalue weighted by molar-refractivity contribution is 6.29. The molecule has 0 radical (unpaired) electrons. The van der Waals surface area contributed by atoms with E-state index < -0.39 is 0 Å². The lowest BCUT2D eigenvalue weighted by molar-refractivity contribution is 0.566. The van der Waals surface area contributed by atoms with Crippen molar-refractivity contribution in [1.29, 1.82) is 0 Å². The lowest BCUT2D eigenvalue weighted by Crippen LogP contribution is -2.06. The first kappa shape index (κ1) is 13.2. The van der Waals surface area contributed by atoms with Crippen LogP contribution in [0.2, 0.25) is 5.15 Å². The van der Waals surface area contributed by atoms with Gasteiger partial charge in [0.05, 0.1) is 0 Å². The van der Waals surface area contributed by atoms with Gasteiger partial charge in [0.2, 0.25) is 0 Å². The van der Waals surface area contributed by atoms with E-state index >= 15 is 0 Å². The summed E-state index contributed by atoms with van der Waals surface area (Å²) in [4.78, 5) is 8.49. The number of halogens is 1. The van der Waals surface area contributed by atoms with Gasteiger partial charge < -0.3 is 5.32 Å². The second-order valence-corrected chi connectivity index (χ2v) is 4.70. The van der Waals surface area contributed by atoms with Crippen molar-refractivity contribution in [3.05, 3.63) is 17.0 Å². The predicted octanol–water partition coefficient (Wildman–Crippen LogP) is 3.54. The summed E-state index contributed by atoms with van der Waals surface area (Å²) in [6.07, 6.45) is 3.19. The summed E-state index contributed by atoms with van der Waals surface area (Å²) >= 11 is 5.90. The molecule has 0 aliphatic rings. The van der Waals surface area contributed by atoms with E-state index in [1.165, 1.54) is 6.42 Å². The van der Waals surface area contributed by atoms with Gasteiger partial charge in [0.15, 0.2) is 0 Å². The maximum Gasteiger partial charge on any atom is 0.134 e. The Morgan fingerprint density at radius 1 is 1.38 bits per heavy atom. The highest BCUT2D eigenvalue weighted by atomic mass is 35.5. The monoisotopic (exact) mass is 241 g/mol. The van der Waals surface area contributed by atoms with Gasteiger partial charge in [-0.2, -0.15) is 0 Å². The Kier molecular flexibility index (Phi) is 5.53. The molecule has 0 aliphatic heterocycles.